The fourth-order valence-corrected chi connectivity index (χ4v) is 3.14. The van der Waals surface area contributed by atoms with Crippen LogP contribution in [0, 0.1) is 13.8 Å². The van der Waals surface area contributed by atoms with Crippen LogP contribution in [0.5, 0.6) is 5.75 Å². The molecule has 0 radical (unpaired) electrons. The highest BCUT2D eigenvalue weighted by molar-refractivity contribution is 14.0. The van der Waals surface area contributed by atoms with Crippen molar-refractivity contribution in [2.45, 2.75) is 47.0 Å². The molecule has 0 spiro atoms. The lowest BCUT2D eigenvalue weighted by molar-refractivity contribution is -0.0504. The summed E-state index contributed by atoms with van der Waals surface area (Å²) in [4.78, 5) is 4.49. The van der Waals surface area contributed by atoms with Crippen LogP contribution in [0.1, 0.15) is 29.4 Å². The van der Waals surface area contributed by atoms with Crippen LogP contribution in [0.15, 0.2) is 23.2 Å². The molecular weight excluding hydrogens is 543 g/mol. The predicted molar refractivity (Wildman–Crippen MR) is 129 cm³/mol. The van der Waals surface area contributed by atoms with Crippen molar-refractivity contribution in [3.05, 3.63) is 45.7 Å². The molecule has 0 amide bonds. The lowest BCUT2D eigenvalue weighted by atomic mass is 10.2. The van der Waals surface area contributed by atoms with Crippen LogP contribution < -0.4 is 15.4 Å². The molecule has 0 bridgehead atoms. The quantitative estimate of drug-likeness (QED) is 0.253. The van der Waals surface area contributed by atoms with Gasteiger partial charge >= 0.3 is 6.61 Å². The van der Waals surface area contributed by atoms with Gasteiger partial charge in [0.15, 0.2) is 5.96 Å². The number of guanidine groups is 1. The van der Waals surface area contributed by atoms with Gasteiger partial charge in [-0.15, -0.1) is 24.0 Å². The number of hydrogen-bond donors (Lipinski definition) is 2. The first kappa shape index (κ1) is 27.4. The molecule has 0 aliphatic heterocycles. The first-order valence-corrected chi connectivity index (χ1v) is 10.0. The van der Waals surface area contributed by atoms with Gasteiger partial charge in [0, 0.05) is 42.0 Å². The van der Waals surface area contributed by atoms with E-state index in [0.29, 0.717) is 42.8 Å². The summed E-state index contributed by atoms with van der Waals surface area (Å²) < 4.78 is 36.9. The Kier molecular flexibility index (Phi) is 12.1. The van der Waals surface area contributed by atoms with Crippen molar-refractivity contribution in [2.75, 3.05) is 20.3 Å². The molecular formula is C20H29ClF2IN5O2. The number of benzene rings is 1. The number of aryl methyl sites for hydroxylation is 1. The Labute approximate surface area is 203 Å². The zero-order chi connectivity index (χ0) is 22.1. The Morgan fingerprint density at radius 1 is 1.29 bits per heavy atom. The first-order valence-electron chi connectivity index (χ1n) is 9.62. The van der Waals surface area contributed by atoms with Crippen molar-refractivity contribution in [2.24, 2.45) is 4.99 Å². The van der Waals surface area contributed by atoms with Crippen molar-refractivity contribution in [3.63, 3.8) is 0 Å². The lowest BCUT2D eigenvalue weighted by Crippen LogP contribution is -2.37. The minimum Gasteiger partial charge on any atom is -0.434 e. The average molecular weight is 572 g/mol. The lowest BCUT2D eigenvalue weighted by Gasteiger charge is -2.13. The third kappa shape index (κ3) is 8.41. The van der Waals surface area contributed by atoms with Crippen LogP contribution in [-0.2, 0) is 24.4 Å². The molecule has 1 aromatic heterocycles. The highest BCUT2D eigenvalue weighted by Crippen LogP contribution is 2.25. The molecule has 31 heavy (non-hydrogen) atoms. The second-order valence-electron chi connectivity index (χ2n) is 6.54. The van der Waals surface area contributed by atoms with Gasteiger partial charge in [-0.05, 0) is 39.0 Å². The maximum atomic E-state index is 12.7. The number of nitrogens with zero attached hydrogens (tertiary/aromatic N) is 3. The molecule has 0 saturated heterocycles. The highest BCUT2D eigenvalue weighted by Gasteiger charge is 2.13. The molecule has 0 atom stereocenters. The van der Waals surface area contributed by atoms with Gasteiger partial charge in [-0.1, -0.05) is 11.6 Å². The van der Waals surface area contributed by atoms with Gasteiger partial charge in [0.05, 0.1) is 25.4 Å². The number of hydrogen-bond acceptors (Lipinski definition) is 4. The molecule has 2 aromatic rings. The fraction of sp³-hybridized carbons (Fsp3) is 0.500. The largest absolute Gasteiger partial charge is 0.434 e. The van der Waals surface area contributed by atoms with Gasteiger partial charge in [0.1, 0.15) is 5.75 Å². The van der Waals surface area contributed by atoms with Gasteiger partial charge in [-0.25, -0.2) is 4.99 Å². The number of nitrogens with one attached hydrogen (secondary N) is 2. The fourth-order valence-electron chi connectivity index (χ4n) is 2.95. The number of aliphatic imine (C=N–C) groups is 1. The SMILES string of the molecule is CCNC(=NCc1cc(Cl)ccc1OC(F)F)NCc1c(C)nn(CCOC)c1C.I. The molecule has 0 aliphatic carbocycles. The summed E-state index contributed by atoms with van der Waals surface area (Å²) >= 11 is 6.00. The Hall–Kier alpha value is -1.66. The van der Waals surface area contributed by atoms with Gasteiger partial charge < -0.3 is 20.1 Å². The standard InChI is InChI=1S/C20H28ClF2N5O2.HI/c1-5-24-20(25-11-15-10-16(21)6-7-18(15)30-19(22)23)26-12-17-13(2)27-28(14(17)3)8-9-29-4;/h6-7,10,19H,5,8-9,11-12H2,1-4H3,(H2,24,25,26);1H. The van der Waals surface area contributed by atoms with E-state index in [1.165, 1.54) is 12.1 Å². The summed E-state index contributed by atoms with van der Waals surface area (Å²) in [6, 6.07) is 4.49. The maximum absolute atomic E-state index is 12.7. The Balaban J connectivity index is 0.00000480. The van der Waals surface area contributed by atoms with Gasteiger partial charge in [-0.3, -0.25) is 4.68 Å². The molecule has 0 fully saturated rings. The molecule has 11 heteroatoms. The first-order chi connectivity index (χ1) is 14.3. The van der Waals surface area contributed by atoms with Crippen molar-refractivity contribution < 1.29 is 18.3 Å². The average Bonchev–Trinajstić information content (AvgIpc) is 2.96. The van der Waals surface area contributed by atoms with E-state index in [1.807, 2.05) is 25.5 Å². The Bertz CT molecular complexity index is 864. The third-order valence-corrected chi connectivity index (χ3v) is 4.70. The Morgan fingerprint density at radius 3 is 2.68 bits per heavy atom. The summed E-state index contributed by atoms with van der Waals surface area (Å²) in [6.07, 6.45) is 0. The van der Waals surface area contributed by atoms with E-state index in [9.17, 15) is 8.78 Å². The summed E-state index contributed by atoms with van der Waals surface area (Å²) in [5.41, 5.74) is 3.52. The summed E-state index contributed by atoms with van der Waals surface area (Å²) in [6.45, 7) is 5.55. The van der Waals surface area contributed by atoms with E-state index in [4.69, 9.17) is 16.3 Å². The normalized spacial score (nSPS) is 11.4. The van der Waals surface area contributed by atoms with Crippen LogP contribution in [0.4, 0.5) is 8.78 Å². The van der Waals surface area contributed by atoms with Crippen molar-refractivity contribution in [1.29, 1.82) is 0 Å². The van der Waals surface area contributed by atoms with Crippen molar-refractivity contribution in [3.8, 4) is 5.75 Å². The molecule has 1 heterocycles. The zero-order valence-electron chi connectivity index (χ0n) is 18.0. The number of ether oxygens (including phenoxy) is 2. The van der Waals surface area contributed by atoms with E-state index in [0.717, 1.165) is 17.0 Å². The molecule has 2 N–H and O–H groups in total. The van der Waals surface area contributed by atoms with E-state index < -0.39 is 6.61 Å². The molecule has 174 valence electrons. The molecule has 1 aromatic carbocycles. The predicted octanol–water partition coefficient (Wildman–Crippen LogP) is 4.27. The molecule has 7 nitrogen and oxygen atoms in total. The number of methoxy groups -OCH3 is 1. The van der Waals surface area contributed by atoms with Crippen LogP contribution in [-0.4, -0.2) is 42.6 Å². The number of alkyl halides is 2. The summed E-state index contributed by atoms with van der Waals surface area (Å²) in [5, 5.41) is 11.4. The second kappa shape index (κ2) is 13.7. The topological polar surface area (TPSA) is 72.7 Å². The molecule has 0 unspecified atom stereocenters. The van der Waals surface area contributed by atoms with Gasteiger partial charge in [0.2, 0.25) is 0 Å². The van der Waals surface area contributed by atoms with Gasteiger partial charge in [0.25, 0.3) is 0 Å². The van der Waals surface area contributed by atoms with Gasteiger partial charge in [-0.2, -0.15) is 13.9 Å². The zero-order valence-corrected chi connectivity index (χ0v) is 21.1. The van der Waals surface area contributed by atoms with Crippen LogP contribution in [0.2, 0.25) is 5.02 Å². The minimum atomic E-state index is -2.92. The van der Waals surface area contributed by atoms with E-state index in [1.54, 1.807) is 13.2 Å². The molecule has 0 saturated carbocycles. The van der Waals surface area contributed by atoms with Crippen molar-refractivity contribution in [1.82, 2.24) is 20.4 Å². The smallest absolute Gasteiger partial charge is 0.387 e. The van der Waals surface area contributed by atoms with Crippen LogP contribution >= 0.6 is 35.6 Å². The summed E-state index contributed by atoms with van der Waals surface area (Å²) in [7, 11) is 1.66. The summed E-state index contributed by atoms with van der Waals surface area (Å²) in [5.74, 6) is 0.601. The number of rotatable bonds is 10. The van der Waals surface area contributed by atoms with E-state index >= 15 is 0 Å². The van der Waals surface area contributed by atoms with Crippen LogP contribution in [0.3, 0.4) is 0 Å². The molecule has 0 aliphatic rings. The number of halogens is 4. The Morgan fingerprint density at radius 2 is 2.03 bits per heavy atom. The third-order valence-electron chi connectivity index (χ3n) is 4.46. The molecule has 2 rings (SSSR count). The maximum Gasteiger partial charge on any atom is 0.387 e. The van der Waals surface area contributed by atoms with E-state index in [2.05, 4.69) is 25.5 Å². The van der Waals surface area contributed by atoms with Crippen LogP contribution in [0.25, 0.3) is 0 Å². The number of aromatic nitrogens is 2. The second-order valence-corrected chi connectivity index (χ2v) is 6.98. The van der Waals surface area contributed by atoms with E-state index in [-0.39, 0.29) is 36.3 Å². The highest BCUT2D eigenvalue weighted by atomic mass is 127. The van der Waals surface area contributed by atoms with Crippen molar-refractivity contribution >= 4 is 41.5 Å². The monoisotopic (exact) mass is 571 g/mol. The minimum absolute atomic E-state index is 0.